The van der Waals surface area contributed by atoms with Crippen molar-refractivity contribution in [2.24, 2.45) is 0 Å². The van der Waals surface area contributed by atoms with Gasteiger partial charge in [-0.2, -0.15) is 0 Å². The van der Waals surface area contributed by atoms with Gasteiger partial charge < -0.3 is 9.84 Å². The number of aryl methyl sites for hydroxylation is 1. The lowest BCUT2D eigenvalue weighted by atomic mass is 10.2. The third kappa shape index (κ3) is 3.34. The number of aliphatic hydroxyl groups excluding tert-OH is 1. The zero-order chi connectivity index (χ0) is 10.4. The van der Waals surface area contributed by atoms with E-state index in [2.05, 4.69) is 0 Å². The van der Waals surface area contributed by atoms with E-state index in [-0.39, 0.29) is 12.4 Å². The molecule has 3 heteroatoms. The van der Waals surface area contributed by atoms with Crippen molar-refractivity contribution in [2.45, 2.75) is 19.8 Å². The zero-order valence-corrected chi connectivity index (χ0v) is 8.29. The second-order valence-corrected chi connectivity index (χ2v) is 3.19. The van der Waals surface area contributed by atoms with Gasteiger partial charge in [0, 0.05) is 12.7 Å². The van der Waals surface area contributed by atoms with E-state index in [9.17, 15) is 4.39 Å². The van der Waals surface area contributed by atoms with Crippen LogP contribution in [0, 0.1) is 12.7 Å². The Bertz CT molecular complexity index is 287. The molecule has 0 fully saturated rings. The van der Waals surface area contributed by atoms with Gasteiger partial charge in [-0.05, 0) is 31.4 Å². The molecule has 0 saturated heterocycles. The summed E-state index contributed by atoms with van der Waals surface area (Å²) in [5.41, 5.74) is 0.926. The van der Waals surface area contributed by atoms with Crippen molar-refractivity contribution >= 4 is 0 Å². The van der Waals surface area contributed by atoms with Crippen molar-refractivity contribution in [2.75, 3.05) is 13.2 Å². The standard InChI is InChI=1S/C11H15FO2/c1-9-4-5-10(12)8-11(9)14-7-3-2-6-13/h4-5,8,13H,2-3,6-7H2,1H3. The third-order valence-electron chi connectivity index (χ3n) is 1.96. The molecule has 0 unspecified atom stereocenters. The number of hydrogen-bond acceptors (Lipinski definition) is 2. The first-order chi connectivity index (χ1) is 6.74. The lowest BCUT2D eigenvalue weighted by Crippen LogP contribution is -2.00. The average molecular weight is 198 g/mol. The second kappa shape index (κ2) is 5.60. The highest BCUT2D eigenvalue weighted by atomic mass is 19.1. The van der Waals surface area contributed by atoms with E-state index in [1.54, 1.807) is 6.07 Å². The highest BCUT2D eigenvalue weighted by Gasteiger charge is 2.00. The Balaban J connectivity index is 2.45. The normalized spacial score (nSPS) is 10.2. The van der Waals surface area contributed by atoms with Gasteiger partial charge >= 0.3 is 0 Å². The number of unbranched alkanes of at least 4 members (excludes halogenated alkanes) is 1. The SMILES string of the molecule is Cc1ccc(F)cc1OCCCCO. The molecule has 1 aromatic carbocycles. The number of rotatable bonds is 5. The first kappa shape index (κ1) is 11.0. The van der Waals surface area contributed by atoms with Crippen LogP contribution in [0.3, 0.4) is 0 Å². The summed E-state index contributed by atoms with van der Waals surface area (Å²) < 4.78 is 18.2. The maximum Gasteiger partial charge on any atom is 0.126 e. The molecule has 0 heterocycles. The van der Waals surface area contributed by atoms with Crippen molar-refractivity contribution in [3.63, 3.8) is 0 Å². The summed E-state index contributed by atoms with van der Waals surface area (Å²) in [5, 5.41) is 8.55. The van der Waals surface area contributed by atoms with Crippen LogP contribution in [0.15, 0.2) is 18.2 Å². The summed E-state index contributed by atoms with van der Waals surface area (Å²) in [6.07, 6.45) is 1.50. The van der Waals surface area contributed by atoms with Crippen LogP contribution in [0.4, 0.5) is 4.39 Å². The molecule has 0 aliphatic carbocycles. The fraction of sp³-hybridized carbons (Fsp3) is 0.455. The maximum absolute atomic E-state index is 12.8. The van der Waals surface area contributed by atoms with Crippen LogP contribution in [0.5, 0.6) is 5.75 Å². The highest BCUT2D eigenvalue weighted by Crippen LogP contribution is 2.18. The number of ether oxygens (including phenoxy) is 1. The molecular weight excluding hydrogens is 183 g/mol. The van der Waals surface area contributed by atoms with Crippen LogP contribution in [-0.2, 0) is 0 Å². The molecule has 78 valence electrons. The number of aliphatic hydroxyl groups is 1. The van der Waals surface area contributed by atoms with E-state index in [0.717, 1.165) is 12.0 Å². The monoisotopic (exact) mass is 198 g/mol. The summed E-state index contributed by atoms with van der Waals surface area (Å²) >= 11 is 0. The molecule has 1 rings (SSSR count). The molecule has 0 saturated carbocycles. The van der Waals surface area contributed by atoms with Gasteiger partial charge in [-0.15, -0.1) is 0 Å². The Morgan fingerprint density at radius 3 is 2.86 bits per heavy atom. The molecule has 0 atom stereocenters. The molecule has 14 heavy (non-hydrogen) atoms. The molecule has 1 aromatic rings. The summed E-state index contributed by atoms with van der Waals surface area (Å²) in [5.74, 6) is 0.302. The Morgan fingerprint density at radius 1 is 1.36 bits per heavy atom. The van der Waals surface area contributed by atoms with Crippen LogP contribution >= 0.6 is 0 Å². The smallest absolute Gasteiger partial charge is 0.126 e. The van der Waals surface area contributed by atoms with Crippen LogP contribution in [0.1, 0.15) is 18.4 Å². The molecule has 0 aliphatic rings. The van der Waals surface area contributed by atoms with E-state index < -0.39 is 0 Å². The van der Waals surface area contributed by atoms with Crippen LogP contribution in [0.2, 0.25) is 0 Å². The molecule has 0 radical (unpaired) electrons. The average Bonchev–Trinajstić information content (AvgIpc) is 2.18. The van der Waals surface area contributed by atoms with Gasteiger partial charge in [0.1, 0.15) is 11.6 Å². The molecule has 0 spiro atoms. The third-order valence-corrected chi connectivity index (χ3v) is 1.96. The highest BCUT2D eigenvalue weighted by molar-refractivity contribution is 5.32. The zero-order valence-electron chi connectivity index (χ0n) is 8.29. The first-order valence-corrected chi connectivity index (χ1v) is 4.74. The summed E-state index contributed by atoms with van der Waals surface area (Å²) in [7, 11) is 0. The Kier molecular flexibility index (Phi) is 4.40. The lowest BCUT2D eigenvalue weighted by molar-refractivity contribution is 0.252. The lowest BCUT2D eigenvalue weighted by Gasteiger charge is -2.08. The van der Waals surface area contributed by atoms with Gasteiger partial charge in [0.25, 0.3) is 0 Å². The Labute approximate surface area is 83.3 Å². The largest absolute Gasteiger partial charge is 0.493 e. The molecule has 1 N–H and O–H groups in total. The molecule has 0 aromatic heterocycles. The molecule has 2 nitrogen and oxygen atoms in total. The number of benzene rings is 1. The van der Waals surface area contributed by atoms with E-state index >= 15 is 0 Å². The summed E-state index contributed by atoms with van der Waals surface area (Å²) in [6, 6.07) is 4.49. The van der Waals surface area contributed by atoms with Gasteiger partial charge in [0.05, 0.1) is 6.61 Å². The van der Waals surface area contributed by atoms with Crippen LogP contribution < -0.4 is 4.74 Å². The van der Waals surface area contributed by atoms with Crippen molar-refractivity contribution in [1.82, 2.24) is 0 Å². The van der Waals surface area contributed by atoms with E-state index in [1.807, 2.05) is 6.92 Å². The quantitative estimate of drug-likeness (QED) is 0.735. The molecular formula is C11H15FO2. The van der Waals surface area contributed by atoms with Crippen LogP contribution in [0.25, 0.3) is 0 Å². The Morgan fingerprint density at radius 2 is 2.14 bits per heavy atom. The molecule has 0 aliphatic heterocycles. The van der Waals surface area contributed by atoms with Gasteiger partial charge in [-0.3, -0.25) is 0 Å². The topological polar surface area (TPSA) is 29.5 Å². The predicted octanol–water partition coefficient (Wildman–Crippen LogP) is 2.29. The van der Waals surface area contributed by atoms with Crippen molar-refractivity contribution in [3.05, 3.63) is 29.6 Å². The van der Waals surface area contributed by atoms with Gasteiger partial charge in [-0.25, -0.2) is 4.39 Å². The van der Waals surface area contributed by atoms with Crippen molar-refractivity contribution in [1.29, 1.82) is 0 Å². The molecule has 0 amide bonds. The van der Waals surface area contributed by atoms with Gasteiger partial charge in [-0.1, -0.05) is 6.07 Å². The maximum atomic E-state index is 12.8. The fourth-order valence-electron chi connectivity index (χ4n) is 1.13. The van der Waals surface area contributed by atoms with Gasteiger partial charge in [0.2, 0.25) is 0 Å². The van der Waals surface area contributed by atoms with E-state index in [0.29, 0.717) is 18.8 Å². The summed E-state index contributed by atoms with van der Waals surface area (Å²) in [4.78, 5) is 0. The molecule has 0 bridgehead atoms. The number of halogens is 1. The fourth-order valence-corrected chi connectivity index (χ4v) is 1.13. The van der Waals surface area contributed by atoms with E-state index in [1.165, 1.54) is 12.1 Å². The minimum atomic E-state index is -0.284. The Hall–Kier alpha value is -1.09. The predicted molar refractivity (Wildman–Crippen MR) is 53.0 cm³/mol. The van der Waals surface area contributed by atoms with Crippen molar-refractivity contribution < 1.29 is 14.2 Å². The van der Waals surface area contributed by atoms with Gasteiger partial charge in [0.15, 0.2) is 0 Å². The minimum Gasteiger partial charge on any atom is -0.493 e. The van der Waals surface area contributed by atoms with Crippen molar-refractivity contribution in [3.8, 4) is 5.75 Å². The second-order valence-electron chi connectivity index (χ2n) is 3.19. The van der Waals surface area contributed by atoms with E-state index in [4.69, 9.17) is 9.84 Å². The minimum absolute atomic E-state index is 0.172. The number of hydrogen-bond donors (Lipinski definition) is 1. The first-order valence-electron chi connectivity index (χ1n) is 4.74. The summed E-state index contributed by atoms with van der Waals surface area (Å²) in [6.45, 7) is 2.57. The van der Waals surface area contributed by atoms with Crippen LogP contribution in [-0.4, -0.2) is 18.3 Å².